The van der Waals surface area contributed by atoms with Gasteiger partial charge in [-0.3, -0.25) is 0 Å². The topological polar surface area (TPSA) is 43.4 Å². The van der Waals surface area contributed by atoms with Crippen LogP contribution in [-0.2, 0) is 14.6 Å². The first-order valence-corrected chi connectivity index (χ1v) is 9.35. The van der Waals surface area contributed by atoms with Crippen LogP contribution in [0, 0.1) is 5.92 Å². The number of sulfone groups is 1. The van der Waals surface area contributed by atoms with Crippen molar-refractivity contribution >= 4 is 15.6 Å². The van der Waals surface area contributed by atoms with Crippen LogP contribution < -0.4 is 0 Å². The summed E-state index contributed by atoms with van der Waals surface area (Å²) in [5.74, 6) is 0.497. The van der Waals surface area contributed by atoms with Crippen LogP contribution in [-0.4, -0.2) is 15.0 Å². The maximum absolute atomic E-state index is 13.2. The van der Waals surface area contributed by atoms with E-state index in [1.807, 2.05) is 43.3 Å². The van der Waals surface area contributed by atoms with Crippen LogP contribution in [0.5, 0.6) is 0 Å². The molecule has 0 unspecified atom stereocenters. The molecule has 3 rings (SSSR count). The van der Waals surface area contributed by atoms with Crippen molar-refractivity contribution in [3.63, 3.8) is 0 Å². The summed E-state index contributed by atoms with van der Waals surface area (Å²) < 4.78 is 32.2. The fourth-order valence-electron chi connectivity index (χ4n) is 2.96. The van der Waals surface area contributed by atoms with Gasteiger partial charge in [0.25, 0.3) is 0 Å². The molecule has 0 saturated carbocycles. The summed E-state index contributed by atoms with van der Waals surface area (Å²) in [4.78, 5) is 0.746. The molecular formula is C19H20O3S. The van der Waals surface area contributed by atoms with Crippen LogP contribution in [0.4, 0.5) is 0 Å². The minimum atomic E-state index is -3.57. The summed E-state index contributed by atoms with van der Waals surface area (Å²) in [5, 5.41) is 0. The van der Waals surface area contributed by atoms with E-state index in [0.29, 0.717) is 22.2 Å². The van der Waals surface area contributed by atoms with E-state index >= 15 is 0 Å². The third kappa shape index (κ3) is 3.04. The second kappa shape index (κ2) is 6.59. The monoisotopic (exact) mass is 328 g/mol. The lowest BCUT2D eigenvalue weighted by Gasteiger charge is -2.28. The minimum Gasteiger partial charge on any atom is -0.492 e. The molecule has 2 aromatic rings. The van der Waals surface area contributed by atoms with Gasteiger partial charge in [0.2, 0.25) is 9.84 Å². The van der Waals surface area contributed by atoms with Crippen LogP contribution in [0.15, 0.2) is 70.5 Å². The van der Waals surface area contributed by atoms with E-state index in [1.165, 1.54) is 0 Å². The zero-order valence-electron chi connectivity index (χ0n) is 13.1. The summed E-state index contributed by atoms with van der Waals surface area (Å²) >= 11 is 0. The van der Waals surface area contributed by atoms with Crippen LogP contribution >= 0.6 is 0 Å². The Bertz CT molecular complexity index is 793. The molecule has 0 N–H and O–H groups in total. The molecule has 4 heteroatoms. The standard InChI is InChI=1S/C19H20O3S/c1-2-15-13-14-22-18(16-9-5-3-6-10-16)19(15)23(20,21)17-11-7-4-8-12-17/h3-12,15H,2,13-14H2,1H3/t15-/m1/s1. The fraction of sp³-hybridized carbons (Fsp3) is 0.263. The third-order valence-corrected chi connectivity index (χ3v) is 6.17. The molecule has 3 nitrogen and oxygen atoms in total. The predicted molar refractivity (Wildman–Crippen MR) is 91.3 cm³/mol. The van der Waals surface area contributed by atoms with E-state index < -0.39 is 9.84 Å². The molecule has 0 radical (unpaired) electrons. The Labute approximate surface area is 137 Å². The second-order valence-electron chi connectivity index (χ2n) is 5.62. The highest BCUT2D eigenvalue weighted by Crippen LogP contribution is 2.39. The predicted octanol–water partition coefficient (Wildman–Crippen LogP) is 4.28. The average molecular weight is 328 g/mol. The van der Waals surface area contributed by atoms with Gasteiger partial charge in [0.1, 0.15) is 5.76 Å². The quantitative estimate of drug-likeness (QED) is 0.841. The Morgan fingerprint density at radius 3 is 2.22 bits per heavy atom. The summed E-state index contributed by atoms with van der Waals surface area (Å²) in [5.41, 5.74) is 0.820. The lowest BCUT2D eigenvalue weighted by Crippen LogP contribution is -2.22. The molecule has 0 spiro atoms. The molecule has 0 amide bonds. The van der Waals surface area contributed by atoms with E-state index in [0.717, 1.165) is 18.4 Å². The highest BCUT2D eigenvalue weighted by atomic mass is 32.2. The first-order chi connectivity index (χ1) is 11.1. The summed E-state index contributed by atoms with van der Waals surface area (Å²) in [6.45, 7) is 2.58. The van der Waals surface area contributed by atoms with Gasteiger partial charge in [-0.15, -0.1) is 0 Å². The molecule has 23 heavy (non-hydrogen) atoms. The molecule has 1 heterocycles. The Morgan fingerprint density at radius 1 is 1.00 bits per heavy atom. The highest BCUT2D eigenvalue weighted by molar-refractivity contribution is 7.95. The SMILES string of the molecule is CC[C@@H]1CCOC(c2ccccc2)=C1S(=O)(=O)c1ccccc1. The smallest absolute Gasteiger partial charge is 0.206 e. The molecule has 1 aliphatic heterocycles. The van der Waals surface area contributed by atoms with Crippen LogP contribution in [0.3, 0.4) is 0 Å². The Balaban J connectivity index is 2.22. The summed E-state index contributed by atoms with van der Waals surface area (Å²) in [6.07, 6.45) is 1.51. The van der Waals surface area contributed by atoms with Gasteiger partial charge in [-0.25, -0.2) is 8.42 Å². The average Bonchev–Trinajstić information content (AvgIpc) is 2.62. The van der Waals surface area contributed by atoms with Gasteiger partial charge in [-0.1, -0.05) is 55.5 Å². The van der Waals surface area contributed by atoms with E-state index in [-0.39, 0.29) is 5.92 Å². The van der Waals surface area contributed by atoms with E-state index in [1.54, 1.807) is 24.3 Å². The molecule has 0 bridgehead atoms. The molecule has 1 atom stereocenters. The number of benzene rings is 2. The molecule has 0 fully saturated rings. The summed E-state index contributed by atoms with van der Waals surface area (Å²) in [6, 6.07) is 18.1. The fourth-order valence-corrected chi connectivity index (χ4v) is 4.88. The first-order valence-electron chi connectivity index (χ1n) is 7.87. The van der Waals surface area contributed by atoms with Crippen molar-refractivity contribution in [3.05, 3.63) is 71.1 Å². The molecular weight excluding hydrogens is 308 g/mol. The van der Waals surface area contributed by atoms with Crippen LogP contribution in [0.25, 0.3) is 5.76 Å². The molecule has 1 aliphatic rings. The summed E-state index contributed by atoms with van der Waals surface area (Å²) in [7, 11) is -3.57. The lowest BCUT2D eigenvalue weighted by atomic mass is 9.97. The van der Waals surface area contributed by atoms with Gasteiger partial charge in [0.05, 0.1) is 16.4 Å². The zero-order chi connectivity index (χ0) is 16.3. The first kappa shape index (κ1) is 15.8. The van der Waals surface area contributed by atoms with Gasteiger partial charge in [-0.05, 0) is 25.0 Å². The van der Waals surface area contributed by atoms with Crippen molar-refractivity contribution in [2.24, 2.45) is 5.92 Å². The van der Waals surface area contributed by atoms with Gasteiger partial charge < -0.3 is 4.74 Å². The Hall–Kier alpha value is -2.07. The van der Waals surface area contributed by atoms with Crippen LogP contribution in [0.2, 0.25) is 0 Å². The normalized spacial score (nSPS) is 18.6. The number of hydrogen-bond acceptors (Lipinski definition) is 3. The molecule has 0 aliphatic carbocycles. The molecule has 0 aromatic heterocycles. The van der Waals surface area contributed by atoms with Crippen molar-refractivity contribution in [1.29, 1.82) is 0 Å². The maximum Gasteiger partial charge on any atom is 0.206 e. The Kier molecular flexibility index (Phi) is 4.53. The van der Waals surface area contributed by atoms with Crippen LogP contribution in [0.1, 0.15) is 25.3 Å². The Morgan fingerprint density at radius 2 is 1.61 bits per heavy atom. The number of hydrogen-bond donors (Lipinski definition) is 0. The molecule has 2 aromatic carbocycles. The van der Waals surface area contributed by atoms with Crippen molar-refractivity contribution in [3.8, 4) is 0 Å². The van der Waals surface area contributed by atoms with Crippen molar-refractivity contribution in [2.45, 2.75) is 24.7 Å². The third-order valence-electron chi connectivity index (χ3n) is 4.18. The van der Waals surface area contributed by atoms with Gasteiger partial charge in [0.15, 0.2) is 0 Å². The van der Waals surface area contributed by atoms with Gasteiger partial charge in [0, 0.05) is 11.5 Å². The number of rotatable bonds is 4. The van der Waals surface area contributed by atoms with Crippen molar-refractivity contribution in [1.82, 2.24) is 0 Å². The molecule has 120 valence electrons. The zero-order valence-corrected chi connectivity index (χ0v) is 13.9. The lowest BCUT2D eigenvalue weighted by molar-refractivity contribution is 0.229. The van der Waals surface area contributed by atoms with E-state index in [9.17, 15) is 8.42 Å². The second-order valence-corrected chi connectivity index (χ2v) is 7.54. The number of ether oxygens (including phenoxy) is 1. The highest BCUT2D eigenvalue weighted by Gasteiger charge is 2.34. The minimum absolute atomic E-state index is 0.0100. The van der Waals surface area contributed by atoms with Crippen molar-refractivity contribution in [2.75, 3.05) is 6.61 Å². The van der Waals surface area contributed by atoms with Gasteiger partial charge >= 0.3 is 0 Å². The number of allylic oxidation sites excluding steroid dienone is 1. The van der Waals surface area contributed by atoms with Crippen molar-refractivity contribution < 1.29 is 13.2 Å². The van der Waals surface area contributed by atoms with Gasteiger partial charge in [-0.2, -0.15) is 0 Å². The van der Waals surface area contributed by atoms with E-state index in [4.69, 9.17) is 4.74 Å². The van der Waals surface area contributed by atoms with E-state index in [2.05, 4.69) is 0 Å². The maximum atomic E-state index is 13.2. The largest absolute Gasteiger partial charge is 0.492 e. The molecule has 0 saturated heterocycles.